The summed E-state index contributed by atoms with van der Waals surface area (Å²) in [4.78, 5) is 23.7. The summed E-state index contributed by atoms with van der Waals surface area (Å²) in [6.07, 6.45) is 0. The number of anilines is 1. The molecular weight excluding hydrogens is 288 g/mol. The number of hydrogen-bond acceptors (Lipinski definition) is 3. The maximum absolute atomic E-state index is 11.3. The lowest BCUT2D eigenvalue weighted by Gasteiger charge is -2.25. The van der Waals surface area contributed by atoms with Crippen LogP contribution in [0.1, 0.15) is 17.3 Å². The first-order chi connectivity index (χ1) is 7.84. The maximum Gasteiger partial charge on any atom is 0.326 e. The fourth-order valence-electron chi connectivity index (χ4n) is 1.38. The smallest absolute Gasteiger partial charge is 0.326 e. The first kappa shape index (κ1) is 13.5. The first-order valence-corrected chi connectivity index (χ1v) is 5.69. The first-order valence-electron chi connectivity index (χ1n) is 4.89. The topological polar surface area (TPSA) is 83.6 Å². The Hall–Kier alpha value is -1.56. The summed E-state index contributed by atoms with van der Waals surface area (Å²) in [7, 11) is 1.60. The second-order valence-corrected chi connectivity index (χ2v) is 4.57. The maximum atomic E-state index is 11.3. The van der Waals surface area contributed by atoms with Gasteiger partial charge < -0.3 is 15.7 Å². The zero-order valence-corrected chi connectivity index (χ0v) is 11.1. The van der Waals surface area contributed by atoms with Gasteiger partial charge in [-0.25, -0.2) is 4.79 Å². The van der Waals surface area contributed by atoms with Crippen molar-refractivity contribution in [2.24, 2.45) is 5.73 Å². The molecule has 1 unspecified atom stereocenters. The molecule has 17 heavy (non-hydrogen) atoms. The molecule has 0 bridgehead atoms. The molecule has 0 fully saturated rings. The van der Waals surface area contributed by atoms with E-state index in [0.717, 1.165) is 4.47 Å². The number of primary amides is 1. The summed E-state index contributed by atoms with van der Waals surface area (Å²) < 4.78 is 0.752. The molecule has 1 rings (SSSR count). The van der Waals surface area contributed by atoms with Gasteiger partial charge in [0.2, 0.25) is 0 Å². The summed E-state index contributed by atoms with van der Waals surface area (Å²) in [5.74, 6) is -1.56. The van der Waals surface area contributed by atoms with Crippen molar-refractivity contribution in [3.63, 3.8) is 0 Å². The average molecular weight is 301 g/mol. The molecule has 0 radical (unpaired) electrons. The van der Waals surface area contributed by atoms with Crippen LogP contribution in [-0.2, 0) is 4.79 Å². The predicted octanol–water partition coefficient (Wildman–Crippen LogP) is 1.46. The van der Waals surface area contributed by atoms with E-state index in [9.17, 15) is 9.59 Å². The number of aliphatic carboxylic acids is 1. The minimum Gasteiger partial charge on any atom is -0.480 e. The molecule has 1 amide bonds. The Morgan fingerprint density at radius 3 is 2.53 bits per heavy atom. The number of carboxylic acids is 1. The van der Waals surface area contributed by atoms with Crippen molar-refractivity contribution in [3.05, 3.63) is 28.2 Å². The number of carboxylic acid groups (broad SMARTS) is 1. The number of halogens is 1. The van der Waals surface area contributed by atoms with Crippen molar-refractivity contribution in [3.8, 4) is 0 Å². The predicted molar refractivity (Wildman–Crippen MR) is 68.2 cm³/mol. The van der Waals surface area contributed by atoms with Crippen molar-refractivity contribution in [2.75, 3.05) is 11.9 Å². The second kappa shape index (κ2) is 5.18. The fourth-order valence-corrected chi connectivity index (χ4v) is 1.73. The van der Waals surface area contributed by atoms with Crippen LogP contribution in [0.15, 0.2) is 22.7 Å². The molecular formula is C11H13BrN2O3. The molecule has 0 aromatic heterocycles. The van der Waals surface area contributed by atoms with Crippen LogP contribution >= 0.6 is 15.9 Å². The highest BCUT2D eigenvalue weighted by molar-refractivity contribution is 9.10. The van der Waals surface area contributed by atoms with E-state index < -0.39 is 17.9 Å². The number of rotatable bonds is 4. The summed E-state index contributed by atoms with van der Waals surface area (Å²) in [6, 6.07) is 4.16. The van der Waals surface area contributed by atoms with Crippen LogP contribution in [0.4, 0.5) is 5.69 Å². The SMILES string of the molecule is CC(C(=O)O)N(C)c1cc(Br)ccc1C(N)=O. The van der Waals surface area contributed by atoms with Gasteiger partial charge in [0, 0.05) is 11.5 Å². The van der Waals surface area contributed by atoms with Crippen molar-refractivity contribution in [1.29, 1.82) is 0 Å². The van der Waals surface area contributed by atoms with Gasteiger partial charge in [0.05, 0.1) is 11.3 Å². The van der Waals surface area contributed by atoms with Crippen LogP contribution < -0.4 is 10.6 Å². The molecule has 0 aliphatic heterocycles. The number of likely N-dealkylation sites (N-methyl/N-ethyl adjacent to an activating group) is 1. The Morgan fingerprint density at radius 1 is 1.47 bits per heavy atom. The van der Waals surface area contributed by atoms with E-state index in [-0.39, 0.29) is 0 Å². The molecule has 6 heteroatoms. The van der Waals surface area contributed by atoms with Gasteiger partial charge in [-0.3, -0.25) is 4.79 Å². The Morgan fingerprint density at radius 2 is 2.06 bits per heavy atom. The number of carbonyl (C=O) groups is 2. The van der Waals surface area contributed by atoms with Gasteiger partial charge in [0.15, 0.2) is 0 Å². The standard InChI is InChI=1S/C11H13BrN2O3/c1-6(11(16)17)14(2)9-5-7(12)3-4-8(9)10(13)15/h3-6H,1-2H3,(H2,13,15)(H,16,17). The Balaban J connectivity index is 3.23. The molecule has 1 aromatic carbocycles. The Labute approximate surface area is 107 Å². The number of hydrogen-bond donors (Lipinski definition) is 2. The van der Waals surface area contributed by atoms with E-state index in [1.165, 1.54) is 11.8 Å². The Kier molecular flexibility index (Phi) is 4.11. The normalized spacial score (nSPS) is 11.9. The Bertz CT molecular complexity index is 462. The van der Waals surface area contributed by atoms with E-state index in [0.29, 0.717) is 11.3 Å². The van der Waals surface area contributed by atoms with Gasteiger partial charge in [0.25, 0.3) is 5.91 Å². The molecule has 0 saturated carbocycles. The quantitative estimate of drug-likeness (QED) is 0.882. The molecule has 0 saturated heterocycles. The van der Waals surface area contributed by atoms with Crippen molar-refractivity contribution in [1.82, 2.24) is 0 Å². The van der Waals surface area contributed by atoms with Gasteiger partial charge in [-0.15, -0.1) is 0 Å². The van der Waals surface area contributed by atoms with Crippen LogP contribution in [0.3, 0.4) is 0 Å². The highest BCUT2D eigenvalue weighted by Crippen LogP contribution is 2.25. The number of nitrogens with zero attached hydrogens (tertiary/aromatic N) is 1. The molecule has 1 atom stereocenters. The highest BCUT2D eigenvalue weighted by Gasteiger charge is 2.21. The van der Waals surface area contributed by atoms with E-state index in [1.807, 2.05) is 0 Å². The van der Waals surface area contributed by atoms with Crippen LogP contribution in [0.2, 0.25) is 0 Å². The third-order valence-corrected chi connectivity index (χ3v) is 3.04. The van der Waals surface area contributed by atoms with Gasteiger partial charge in [-0.1, -0.05) is 15.9 Å². The van der Waals surface area contributed by atoms with Crippen molar-refractivity contribution >= 4 is 33.5 Å². The van der Waals surface area contributed by atoms with Crippen LogP contribution in [0.25, 0.3) is 0 Å². The lowest BCUT2D eigenvalue weighted by molar-refractivity contribution is -0.138. The van der Waals surface area contributed by atoms with Crippen LogP contribution in [0.5, 0.6) is 0 Å². The largest absolute Gasteiger partial charge is 0.480 e. The highest BCUT2D eigenvalue weighted by atomic mass is 79.9. The van der Waals surface area contributed by atoms with Crippen LogP contribution in [0, 0.1) is 0 Å². The van der Waals surface area contributed by atoms with Gasteiger partial charge in [-0.2, -0.15) is 0 Å². The van der Waals surface area contributed by atoms with E-state index >= 15 is 0 Å². The third-order valence-electron chi connectivity index (χ3n) is 2.54. The van der Waals surface area contributed by atoms with Crippen molar-refractivity contribution < 1.29 is 14.7 Å². The summed E-state index contributed by atoms with van der Waals surface area (Å²) in [6.45, 7) is 1.54. The summed E-state index contributed by atoms with van der Waals surface area (Å²) in [5, 5.41) is 8.94. The number of carbonyl (C=O) groups excluding carboxylic acids is 1. The lowest BCUT2D eigenvalue weighted by atomic mass is 10.1. The molecule has 5 nitrogen and oxygen atoms in total. The number of amides is 1. The minimum absolute atomic E-state index is 0.295. The van der Waals surface area contributed by atoms with E-state index in [4.69, 9.17) is 10.8 Å². The number of nitrogens with two attached hydrogens (primary N) is 1. The van der Waals surface area contributed by atoms with Gasteiger partial charge in [0.1, 0.15) is 6.04 Å². The fraction of sp³-hybridized carbons (Fsp3) is 0.273. The van der Waals surface area contributed by atoms with Gasteiger partial charge in [-0.05, 0) is 25.1 Å². The monoisotopic (exact) mass is 300 g/mol. The summed E-state index contributed by atoms with van der Waals surface area (Å²) in [5.41, 5.74) is 6.03. The molecule has 0 aliphatic rings. The van der Waals surface area contributed by atoms with E-state index in [1.54, 1.807) is 25.2 Å². The average Bonchev–Trinajstić information content (AvgIpc) is 2.26. The zero-order chi connectivity index (χ0) is 13.2. The molecule has 1 aromatic rings. The molecule has 0 heterocycles. The molecule has 0 aliphatic carbocycles. The van der Waals surface area contributed by atoms with Gasteiger partial charge >= 0.3 is 5.97 Å². The van der Waals surface area contributed by atoms with Crippen LogP contribution in [-0.4, -0.2) is 30.1 Å². The minimum atomic E-state index is -0.970. The molecule has 3 N–H and O–H groups in total. The lowest BCUT2D eigenvalue weighted by Crippen LogP contribution is -2.37. The molecule has 0 spiro atoms. The van der Waals surface area contributed by atoms with Crippen molar-refractivity contribution in [2.45, 2.75) is 13.0 Å². The third kappa shape index (κ3) is 2.97. The number of benzene rings is 1. The molecule has 92 valence electrons. The summed E-state index contributed by atoms with van der Waals surface area (Å²) >= 11 is 3.27. The zero-order valence-electron chi connectivity index (χ0n) is 9.48. The van der Waals surface area contributed by atoms with E-state index in [2.05, 4.69) is 15.9 Å². The second-order valence-electron chi connectivity index (χ2n) is 3.65.